The summed E-state index contributed by atoms with van der Waals surface area (Å²) in [5.74, 6) is 0.376. The van der Waals surface area contributed by atoms with Crippen LogP contribution in [0.15, 0.2) is 48.9 Å². The number of hydrogen-bond acceptors (Lipinski definition) is 4. The van der Waals surface area contributed by atoms with E-state index in [-0.39, 0.29) is 11.6 Å². The molecule has 0 unspecified atom stereocenters. The molecule has 0 amide bonds. The lowest BCUT2D eigenvalue weighted by atomic mass is 10.1. The van der Waals surface area contributed by atoms with E-state index >= 15 is 0 Å². The van der Waals surface area contributed by atoms with Crippen LogP contribution in [0.4, 0.5) is 13.2 Å². The molecule has 0 aliphatic heterocycles. The molecule has 0 aliphatic rings. The van der Waals surface area contributed by atoms with Gasteiger partial charge in [-0.2, -0.15) is 13.2 Å². The molecule has 0 radical (unpaired) electrons. The van der Waals surface area contributed by atoms with Gasteiger partial charge >= 0.3 is 6.18 Å². The largest absolute Gasteiger partial charge is 0.437 e. The van der Waals surface area contributed by atoms with Crippen LogP contribution in [0.1, 0.15) is 11.4 Å². The maximum absolute atomic E-state index is 12.6. The summed E-state index contributed by atoms with van der Waals surface area (Å²) in [6, 6.07) is 7.40. The van der Waals surface area contributed by atoms with Crippen molar-refractivity contribution in [2.24, 2.45) is 0 Å². The van der Waals surface area contributed by atoms with E-state index < -0.39 is 11.9 Å². The van der Waals surface area contributed by atoms with Crippen molar-refractivity contribution >= 4 is 22.5 Å². The first-order chi connectivity index (χ1) is 13.3. The minimum absolute atomic E-state index is 0.149. The van der Waals surface area contributed by atoms with E-state index in [1.807, 2.05) is 12.1 Å². The lowest BCUT2D eigenvalue weighted by molar-refractivity contribution is -0.141. The van der Waals surface area contributed by atoms with E-state index in [1.165, 1.54) is 6.07 Å². The van der Waals surface area contributed by atoms with Crippen LogP contribution in [-0.4, -0.2) is 19.9 Å². The highest BCUT2D eigenvalue weighted by atomic mass is 35.5. The molecule has 28 heavy (non-hydrogen) atoms. The molecule has 0 aromatic carbocycles. The second kappa shape index (κ2) is 6.79. The van der Waals surface area contributed by atoms with Gasteiger partial charge in [-0.25, -0.2) is 15.0 Å². The lowest BCUT2D eigenvalue weighted by Crippen LogP contribution is -2.07. The molecule has 0 fully saturated rings. The van der Waals surface area contributed by atoms with Crippen LogP contribution in [0.2, 0.25) is 5.15 Å². The average molecular weight is 405 g/mol. The molecular weight excluding hydrogens is 393 g/mol. The summed E-state index contributed by atoms with van der Waals surface area (Å²) in [4.78, 5) is 14.9. The molecule has 142 valence electrons. The topological polar surface area (TPSA) is 63.7 Å². The van der Waals surface area contributed by atoms with Gasteiger partial charge in [0.1, 0.15) is 16.6 Å². The molecule has 9 heteroatoms. The quantitative estimate of drug-likeness (QED) is 0.439. The molecule has 4 heterocycles. The van der Waals surface area contributed by atoms with Crippen molar-refractivity contribution in [3.63, 3.8) is 0 Å². The lowest BCUT2D eigenvalue weighted by Gasteiger charge is -2.10. The van der Waals surface area contributed by atoms with Crippen LogP contribution in [0.5, 0.6) is 11.6 Å². The molecule has 0 saturated heterocycles. The van der Waals surface area contributed by atoms with Gasteiger partial charge < -0.3 is 9.72 Å². The molecule has 0 aliphatic carbocycles. The maximum Gasteiger partial charge on any atom is 0.433 e. The minimum atomic E-state index is -4.50. The van der Waals surface area contributed by atoms with Gasteiger partial charge in [0.25, 0.3) is 0 Å². The van der Waals surface area contributed by atoms with Crippen molar-refractivity contribution < 1.29 is 17.9 Å². The maximum atomic E-state index is 12.6. The van der Waals surface area contributed by atoms with Gasteiger partial charge in [-0.05, 0) is 36.8 Å². The van der Waals surface area contributed by atoms with Crippen molar-refractivity contribution in [3.05, 3.63) is 65.5 Å². The first-order valence-electron chi connectivity index (χ1n) is 8.13. The molecule has 1 N–H and O–H groups in total. The van der Waals surface area contributed by atoms with Crippen LogP contribution >= 0.6 is 11.6 Å². The summed E-state index contributed by atoms with van der Waals surface area (Å²) >= 11 is 6.24. The van der Waals surface area contributed by atoms with Crippen molar-refractivity contribution in [3.8, 4) is 22.8 Å². The third-order valence-corrected chi connectivity index (χ3v) is 4.32. The highest BCUT2D eigenvalue weighted by Gasteiger charge is 2.32. The van der Waals surface area contributed by atoms with E-state index in [1.54, 1.807) is 25.4 Å². The summed E-state index contributed by atoms with van der Waals surface area (Å²) in [6.07, 6.45) is -0.0831. The van der Waals surface area contributed by atoms with Crippen LogP contribution in [0.3, 0.4) is 0 Å². The molecule has 5 nitrogen and oxygen atoms in total. The van der Waals surface area contributed by atoms with Crippen LogP contribution in [-0.2, 0) is 6.18 Å². The number of hydrogen-bond donors (Lipinski definition) is 1. The summed E-state index contributed by atoms with van der Waals surface area (Å²) in [7, 11) is 0. The van der Waals surface area contributed by atoms with E-state index in [2.05, 4.69) is 19.9 Å². The van der Waals surface area contributed by atoms with Crippen LogP contribution in [0, 0.1) is 6.92 Å². The zero-order chi connectivity index (χ0) is 19.9. The standard InChI is InChI=1S/C19H12ClF3N4O/c1-10-6-11(13-9-25-14-4-5-24-18(20)17(13)14)7-16(27-10)28-12-2-3-15(26-8-12)19(21,22)23/h2-9,25H,1H3. The summed E-state index contributed by atoms with van der Waals surface area (Å²) < 4.78 is 43.5. The number of alkyl halides is 3. The van der Waals surface area contributed by atoms with E-state index in [4.69, 9.17) is 16.3 Å². The molecular formula is C19H12ClF3N4O. The fourth-order valence-electron chi connectivity index (χ4n) is 2.84. The van der Waals surface area contributed by atoms with Gasteiger partial charge in [0, 0.05) is 35.1 Å². The fourth-order valence-corrected chi connectivity index (χ4v) is 3.10. The highest BCUT2D eigenvalue weighted by Crippen LogP contribution is 2.35. The Morgan fingerprint density at radius 1 is 1.11 bits per heavy atom. The summed E-state index contributed by atoms with van der Waals surface area (Å²) in [5, 5.41) is 1.12. The average Bonchev–Trinajstić information content (AvgIpc) is 3.06. The van der Waals surface area contributed by atoms with Crippen molar-refractivity contribution in [1.82, 2.24) is 19.9 Å². The Bertz CT molecular complexity index is 1160. The molecule has 0 spiro atoms. The molecule has 0 saturated carbocycles. The van der Waals surface area contributed by atoms with Gasteiger partial charge in [0.15, 0.2) is 0 Å². The third-order valence-electron chi connectivity index (χ3n) is 4.04. The van der Waals surface area contributed by atoms with Crippen molar-refractivity contribution in [1.29, 1.82) is 0 Å². The van der Waals surface area contributed by atoms with E-state index in [0.717, 1.165) is 34.3 Å². The smallest absolute Gasteiger partial charge is 0.433 e. The van der Waals surface area contributed by atoms with Gasteiger partial charge in [-0.3, -0.25) is 0 Å². The number of aromatic nitrogens is 4. The Kier molecular flexibility index (Phi) is 4.43. The number of H-pyrrole nitrogens is 1. The first kappa shape index (κ1) is 18.2. The highest BCUT2D eigenvalue weighted by molar-refractivity contribution is 6.35. The number of rotatable bonds is 3. The summed E-state index contributed by atoms with van der Waals surface area (Å²) in [6.45, 7) is 1.79. The number of aromatic amines is 1. The normalized spacial score (nSPS) is 11.8. The Balaban J connectivity index is 1.70. The second-order valence-corrected chi connectivity index (χ2v) is 6.40. The van der Waals surface area contributed by atoms with Gasteiger partial charge in [0.05, 0.1) is 11.7 Å². The number of halogens is 4. The summed E-state index contributed by atoms with van der Waals surface area (Å²) in [5.41, 5.74) is 2.11. The molecule has 0 bridgehead atoms. The zero-order valence-corrected chi connectivity index (χ0v) is 15.1. The minimum Gasteiger partial charge on any atom is -0.437 e. The van der Waals surface area contributed by atoms with Crippen molar-refractivity contribution in [2.45, 2.75) is 13.1 Å². The van der Waals surface area contributed by atoms with E-state index in [9.17, 15) is 13.2 Å². The molecule has 4 rings (SSSR count). The zero-order valence-electron chi connectivity index (χ0n) is 14.4. The van der Waals surface area contributed by atoms with Crippen LogP contribution < -0.4 is 4.74 Å². The predicted octanol–water partition coefficient (Wildman–Crippen LogP) is 5.79. The van der Waals surface area contributed by atoms with E-state index in [0.29, 0.717) is 10.8 Å². The van der Waals surface area contributed by atoms with Crippen molar-refractivity contribution in [2.75, 3.05) is 0 Å². The molecule has 0 atom stereocenters. The number of aryl methyl sites for hydroxylation is 1. The van der Waals surface area contributed by atoms with Gasteiger partial charge in [-0.1, -0.05) is 11.6 Å². The predicted molar refractivity (Wildman–Crippen MR) is 98.4 cm³/mol. The number of fused-ring (bicyclic) bond motifs is 1. The number of nitrogens with one attached hydrogen (secondary N) is 1. The monoisotopic (exact) mass is 404 g/mol. The van der Waals surface area contributed by atoms with Gasteiger partial charge in [-0.15, -0.1) is 0 Å². The number of pyridine rings is 3. The fraction of sp³-hybridized carbons (Fsp3) is 0.105. The Hall–Kier alpha value is -3.13. The Labute approximate surface area is 162 Å². The molecule has 4 aromatic heterocycles. The van der Waals surface area contributed by atoms with Gasteiger partial charge in [0.2, 0.25) is 5.88 Å². The first-order valence-corrected chi connectivity index (χ1v) is 8.51. The SMILES string of the molecule is Cc1cc(-c2c[nH]c3ccnc(Cl)c23)cc(Oc2ccc(C(F)(F)F)nc2)n1. The number of ether oxygens (including phenoxy) is 1. The number of nitrogens with zero attached hydrogens (tertiary/aromatic N) is 3. The Morgan fingerprint density at radius 3 is 2.64 bits per heavy atom. The van der Waals surface area contributed by atoms with Crippen LogP contribution in [0.25, 0.3) is 22.0 Å². The Morgan fingerprint density at radius 2 is 1.93 bits per heavy atom. The second-order valence-electron chi connectivity index (χ2n) is 6.04. The third kappa shape index (κ3) is 3.50. The molecule has 4 aromatic rings.